The summed E-state index contributed by atoms with van der Waals surface area (Å²) in [6.07, 6.45) is 2.67. The summed E-state index contributed by atoms with van der Waals surface area (Å²) in [6, 6.07) is 12.8. The third kappa shape index (κ3) is 5.60. The third-order valence-corrected chi connectivity index (χ3v) is 4.68. The van der Waals surface area contributed by atoms with E-state index in [1.165, 1.54) is 36.4 Å². The predicted octanol–water partition coefficient (Wildman–Crippen LogP) is 2.76. The fourth-order valence-corrected chi connectivity index (χ4v) is 2.92. The van der Waals surface area contributed by atoms with Crippen molar-refractivity contribution in [3.05, 3.63) is 65.2 Å². The van der Waals surface area contributed by atoms with Crippen molar-refractivity contribution >= 4 is 33.6 Å². The molecule has 0 radical (unpaired) electrons. The van der Waals surface area contributed by atoms with Gasteiger partial charge in [0, 0.05) is 11.1 Å². The van der Waals surface area contributed by atoms with E-state index in [-0.39, 0.29) is 4.90 Å². The number of amides is 1. The molecule has 0 aliphatic rings. The van der Waals surface area contributed by atoms with Gasteiger partial charge < -0.3 is 4.74 Å². The Bertz CT molecular complexity index is 864. The van der Waals surface area contributed by atoms with Crippen LogP contribution in [0.2, 0.25) is 5.02 Å². The van der Waals surface area contributed by atoms with Crippen LogP contribution < -0.4 is 15.0 Å². The number of benzene rings is 2. The van der Waals surface area contributed by atoms with Crippen LogP contribution in [0.15, 0.2) is 59.5 Å². The first-order chi connectivity index (χ1) is 11.9. The second kappa shape index (κ2) is 8.66. The van der Waals surface area contributed by atoms with E-state index < -0.39 is 15.9 Å². The molecule has 0 spiro atoms. The fourth-order valence-electron chi connectivity index (χ4n) is 1.88. The van der Waals surface area contributed by atoms with E-state index in [9.17, 15) is 13.2 Å². The number of hydrogen-bond donors (Lipinski definition) is 2. The number of sulfonamides is 1. The maximum Gasteiger partial charge on any atom is 0.258 e. The molecule has 2 N–H and O–H groups in total. The maximum atomic E-state index is 12.1. The van der Waals surface area contributed by atoms with E-state index in [2.05, 4.69) is 5.43 Å². The molecule has 0 aliphatic heterocycles. The van der Waals surface area contributed by atoms with Crippen LogP contribution in [-0.4, -0.2) is 20.9 Å². The number of ether oxygens (including phenoxy) is 1. The van der Waals surface area contributed by atoms with Crippen molar-refractivity contribution in [1.29, 1.82) is 0 Å². The summed E-state index contributed by atoms with van der Waals surface area (Å²) in [5.74, 6) is -0.0670. The van der Waals surface area contributed by atoms with E-state index in [0.29, 0.717) is 22.9 Å². The highest BCUT2D eigenvalue weighted by Gasteiger charge is 2.14. The topological polar surface area (TPSA) is 84.5 Å². The van der Waals surface area contributed by atoms with Gasteiger partial charge in [-0.1, -0.05) is 29.8 Å². The molecule has 0 bridgehead atoms. The Balaban J connectivity index is 1.97. The summed E-state index contributed by atoms with van der Waals surface area (Å²) in [7, 11) is -3.88. The molecule has 0 aromatic heterocycles. The predicted molar refractivity (Wildman–Crippen MR) is 96.6 cm³/mol. The smallest absolute Gasteiger partial charge is 0.258 e. The first-order valence-electron chi connectivity index (χ1n) is 7.39. The number of halogens is 1. The third-order valence-electron chi connectivity index (χ3n) is 3.07. The quantitative estimate of drug-likeness (QED) is 0.571. The van der Waals surface area contributed by atoms with Gasteiger partial charge in [0.2, 0.25) is 0 Å². The Morgan fingerprint density at radius 3 is 2.48 bits per heavy atom. The van der Waals surface area contributed by atoms with Gasteiger partial charge in [-0.25, -0.2) is 8.42 Å². The van der Waals surface area contributed by atoms with Gasteiger partial charge in [0.25, 0.3) is 15.9 Å². The second-order valence-electron chi connectivity index (χ2n) is 4.85. The Morgan fingerprint density at radius 2 is 1.84 bits per heavy atom. The summed E-state index contributed by atoms with van der Waals surface area (Å²) in [4.78, 5) is 13.8. The van der Waals surface area contributed by atoms with Crippen molar-refractivity contribution in [2.75, 3.05) is 6.61 Å². The van der Waals surface area contributed by atoms with Crippen LogP contribution >= 0.6 is 11.6 Å². The van der Waals surface area contributed by atoms with Crippen molar-refractivity contribution in [2.45, 2.75) is 11.8 Å². The monoisotopic (exact) mass is 380 g/mol. The number of rotatable bonds is 7. The van der Waals surface area contributed by atoms with Crippen molar-refractivity contribution in [2.24, 2.45) is 0 Å². The van der Waals surface area contributed by atoms with Crippen LogP contribution in [0.25, 0.3) is 6.08 Å². The summed E-state index contributed by atoms with van der Waals surface area (Å²) in [6.45, 7) is 2.32. The van der Waals surface area contributed by atoms with Crippen molar-refractivity contribution in [1.82, 2.24) is 10.3 Å². The minimum atomic E-state index is -3.88. The van der Waals surface area contributed by atoms with Gasteiger partial charge in [-0.3, -0.25) is 10.2 Å². The summed E-state index contributed by atoms with van der Waals surface area (Å²) >= 11 is 5.97. The zero-order valence-corrected chi connectivity index (χ0v) is 15.0. The molecule has 0 unspecified atom stereocenters. The number of carbonyl (C=O) groups is 1. The van der Waals surface area contributed by atoms with Crippen LogP contribution in [0.5, 0.6) is 5.75 Å². The SMILES string of the molecule is CCOc1ccc(S(=O)(=O)NNC(=O)/C=C/c2ccccc2Cl)cc1. The van der Waals surface area contributed by atoms with Crippen molar-refractivity contribution in [3.8, 4) is 5.75 Å². The summed E-state index contributed by atoms with van der Waals surface area (Å²) in [5.41, 5.74) is 2.76. The van der Waals surface area contributed by atoms with E-state index in [0.717, 1.165) is 0 Å². The number of hydrazine groups is 1. The number of nitrogens with one attached hydrogen (secondary N) is 2. The van der Waals surface area contributed by atoms with Gasteiger partial charge in [0.05, 0.1) is 11.5 Å². The normalized spacial score (nSPS) is 11.4. The largest absolute Gasteiger partial charge is 0.494 e. The Hall–Kier alpha value is -2.35. The zero-order chi connectivity index (χ0) is 18.3. The molecule has 6 nitrogen and oxygen atoms in total. The molecule has 0 saturated carbocycles. The van der Waals surface area contributed by atoms with E-state index in [1.807, 2.05) is 11.8 Å². The molecule has 0 heterocycles. The van der Waals surface area contributed by atoms with Crippen LogP contribution in [0.4, 0.5) is 0 Å². The Labute approximate surface area is 151 Å². The van der Waals surface area contributed by atoms with Crippen molar-refractivity contribution in [3.63, 3.8) is 0 Å². The highest BCUT2D eigenvalue weighted by atomic mass is 35.5. The first kappa shape index (κ1) is 19.0. The van der Waals surface area contributed by atoms with E-state index in [4.69, 9.17) is 16.3 Å². The molecular weight excluding hydrogens is 364 g/mol. The molecule has 2 rings (SSSR count). The lowest BCUT2D eigenvalue weighted by atomic mass is 10.2. The molecular formula is C17H17ClN2O4S. The Kier molecular flexibility index (Phi) is 6.58. The van der Waals surface area contributed by atoms with Gasteiger partial charge in [0.15, 0.2) is 0 Å². The zero-order valence-electron chi connectivity index (χ0n) is 13.4. The molecule has 25 heavy (non-hydrogen) atoms. The van der Waals surface area contributed by atoms with E-state index in [1.54, 1.807) is 24.3 Å². The van der Waals surface area contributed by atoms with Gasteiger partial charge in [0.1, 0.15) is 5.75 Å². The van der Waals surface area contributed by atoms with Gasteiger partial charge in [-0.2, -0.15) is 0 Å². The molecule has 8 heteroatoms. The number of hydrogen-bond acceptors (Lipinski definition) is 4. The van der Waals surface area contributed by atoms with E-state index >= 15 is 0 Å². The molecule has 0 fully saturated rings. The molecule has 0 saturated heterocycles. The lowest BCUT2D eigenvalue weighted by Gasteiger charge is -2.08. The van der Waals surface area contributed by atoms with Gasteiger partial charge in [-0.15, -0.1) is 4.83 Å². The molecule has 0 atom stereocenters. The summed E-state index contributed by atoms with van der Waals surface area (Å²) < 4.78 is 29.5. The van der Waals surface area contributed by atoms with Crippen LogP contribution in [-0.2, 0) is 14.8 Å². The fraction of sp³-hybridized carbons (Fsp3) is 0.118. The number of carbonyl (C=O) groups excluding carboxylic acids is 1. The molecule has 0 aliphatic carbocycles. The molecule has 1 amide bonds. The Morgan fingerprint density at radius 1 is 1.16 bits per heavy atom. The minimum absolute atomic E-state index is 0.00587. The lowest BCUT2D eigenvalue weighted by molar-refractivity contribution is -0.116. The van der Waals surface area contributed by atoms with Crippen molar-refractivity contribution < 1.29 is 17.9 Å². The highest BCUT2D eigenvalue weighted by Crippen LogP contribution is 2.16. The average molecular weight is 381 g/mol. The van der Waals surface area contributed by atoms with Crippen LogP contribution in [0, 0.1) is 0 Å². The standard InChI is InChI=1S/C17H17ClN2O4S/c1-2-24-14-8-10-15(11-9-14)25(22,23)20-19-17(21)12-7-13-5-3-4-6-16(13)18/h3-12,20H,2H2,1H3,(H,19,21)/b12-7+. The lowest BCUT2D eigenvalue weighted by Crippen LogP contribution is -2.40. The average Bonchev–Trinajstić information content (AvgIpc) is 2.60. The maximum absolute atomic E-state index is 12.1. The summed E-state index contributed by atoms with van der Waals surface area (Å²) in [5, 5.41) is 0.488. The first-order valence-corrected chi connectivity index (χ1v) is 9.26. The van der Waals surface area contributed by atoms with Crippen LogP contribution in [0.3, 0.4) is 0 Å². The van der Waals surface area contributed by atoms with Gasteiger partial charge in [-0.05, 0) is 48.9 Å². The molecule has 132 valence electrons. The molecule has 2 aromatic rings. The van der Waals surface area contributed by atoms with Gasteiger partial charge >= 0.3 is 0 Å². The second-order valence-corrected chi connectivity index (χ2v) is 6.94. The van der Waals surface area contributed by atoms with Crippen LogP contribution in [0.1, 0.15) is 12.5 Å². The molecule has 2 aromatic carbocycles. The highest BCUT2D eigenvalue weighted by molar-refractivity contribution is 7.89. The minimum Gasteiger partial charge on any atom is -0.494 e.